The maximum Gasteiger partial charge on any atom is 0.220 e. The average Bonchev–Trinajstić information content (AvgIpc) is 2.36. The minimum absolute atomic E-state index is 0.0555. The van der Waals surface area contributed by atoms with Crippen LogP contribution in [0.2, 0.25) is 0 Å². The van der Waals surface area contributed by atoms with Crippen LogP contribution in [0.25, 0.3) is 0 Å². The molecular formula is C15H21NO2. The molecule has 0 bridgehead atoms. The predicted octanol–water partition coefficient (Wildman–Crippen LogP) is 2.76. The van der Waals surface area contributed by atoms with Crippen molar-refractivity contribution in [1.82, 2.24) is 5.32 Å². The highest BCUT2D eigenvalue weighted by molar-refractivity contribution is 5.84. The molecule has 18 heavy (non-hydrogen) atoms. The van der Waals surface area contributed by atoms with Crippen molar-refractivity contribution in [3.8, 4) is 0 Å². The molecule has 0 aliphatic rings. The van der Waals surface area contributed by atoms with Gasteiger partial charge >= 0.3 is 0 Å². The first-order valence-electron chi connectivity index (χ1n) is 6.45. The Balaban J connectivity index is 2.24. The van der Waals surface area contributed by atoms with Crippen LogP contribution in [-0.4, -0.2) is 11.7 Å². The molecule has 1 amide bonds. The largest absolute Gasteiger partial charge is 0.352 e. The Hall–Kier alpha value is -1.64. The molecule has 1 rings (SSSR count). The first-order chi connectivity index (χ1) is 8.61. The van der Waals surface area contributed by atoms with E-state index in [2.05, 4.69) is 5.32 Å². The van der Waals surface area contributed by atoms with E-state index in [4.69, 9.17) is 0 Å². The number of ketones is 1. The molecule has 0 fully saturated rings. The van der Waals surface area contributed by atoms with Crippen LogP contribution in [0.4, 0.5) is 0 Å². The van der Waals surface area contributed by atoms with E-state index in [0.717, 1.165) is 12.0 Å². The van der Waals surface area contributed by atoms with Crippen molar-refractivity contribution in [2.24, 2.45) is 0 Å². The fourth-order valence-corrected chi connectivity index (χ4v) is 1.65. The van der Waals surface area contributed by atoms with Crippen LogP contribution in [0, 0.1) is 6.92 Å². The molecule has 1 aromatic carbocycles. The van der Waals surface area contributed by atoms with Gasteiger partial charge in [-0.15, -0.1) is 0 Å². The molecule has 0 spiro atoms. The minimum atomic E-state index is -0.0555. The Morgan fingerprint density at radius 2 is 1.72 bits per heavy atom. The Kier molecular flexibility index (Phi) is 6.12. The van der Waals surface area contributed by atoms with Gasteiger partial charge in [-0.25, -0.2) is 0 Å². The second-order valence-electron chi connectivity index (χ2n) is 4.55. The van der Waals surface area contributed by atoms with Gasteiger partial charge in [-0.3, -0.25) is 9.59 Å². The second kappa shape index (κ2) is 7.64. The van der Waals surface area contributed by atoms with Gasteiger partial charge in [0.05, 0.1) is 0 Å². The number of aryl methyl sites for hydroxylation is 1. The van der Waals surface area contributed by atoms with Crippen LogP contribution in [-0.2, 0) is 16.1 Å². The van der Waals surface area contributed by atoms with E-state index in [1.54, 1.807) is 0 Å². The predicted molar refractivity (Wildman–Crippen MR) is 72.2 cm³/mol. The lowest BCUT2D eigenvalue weighted by molar-refractivity contribution is -0.125. The summed E-state index contributed by atoms with van der Waals surface area (Å²) in [6.45, 7) is 4.53. The number of carbonyl (C=O) groups excluding carboxylic acids is 2. The monoisotopic (exact) mass is 247 g/mol. The summed E-state index contributed by atoms with van der Waals surface area (Å²) in [5.74, 6) is 0.114. The quantitative estimate of drug-likeness (QED) is 0.805. The highest BCUT2D eigenvalue weighted by atomic mass is 16.2. The van der Waals surface area contributed by atoms with Crippen molar-refractivity contribution in [3.05, 3.63) is 35.4 Å². The molecule has 0 heterocycles. The van der Waals surface area contributed by atoms with Crippen molar-refractivity contribution in [3.63, 3.8) is 0 Å². The Morgan fingerprint density at radius 1 is 1.06 bits per heavy atom. The van der Waals surface area contributed by atoms with Gasteiger partial charge in [0.2, 0.25) is 5.91 Å². The van der Waals surface area contributed by atoms with Gasteiger partial charge in [0.1, 0.15) is 5.78 Å². The van der Waals surface area contributed by atoms with E-state index < -0.39 is 0 Å². The lowest BCUT2D eigenvalue weighted by Gasteiger charge is -2.05. The maximum atomic E-state index is 11.5. The van der Waals surface area contributed by atoms with Crippen LogP contribution in [0.5, 0.6) is 0 Å². The molecule has 0 unspecified atom stereocenters. The Morgan fingerprint density at radius 3 is 2.33 bits per heavy atom. The second-order valence-corrected chi connectivity index (χ2v) is 4.55. The lowest BCUT2D eigenvalue weighted by atomic mass is 10.1. The van der Waals surface area contributed by atoms with Gasteiger partial charge in [0, 0.05) is 25.8 Å². The first-order valence-corrected chi connectivity index (χ1v) is 6.45. The molecule has 0 saturated heterocycles. The number of benzene rings is 1. The Bertz CT molecular complexity index is 395. The SMILES string of the molecule is CCCC(=O)CCC(=O)NCc1ccc(C)cc1. The van der Waals surface area contributed by atoms with Gasteiger partial charge in [0.15, 0.2) is 0 Å². The van der Waals surface area contributed by atoms with Gasteiger partial charge < -0.3 is 5.32 Å². The normalized spacial score (nSPS) is 10.1. The number of Topliss-reactive ketones (excluding diaryl/α,β-unsaturated/α-hetero) is 1. The molecule has 0 aromatic heterocycles. The van der Waals surface area contributed by atoms with Crippen molar-refractivity contribution in [2.75, 3.05) is 0 Å². The van der Waals surface area contributed by atoms with Crippen LogP contribution >= 0.6 is 0 Å². The van der Waals surface area contributed by atoms with Gasteiger partial charge in [0.25, 0.3) is 0 Å². The Labute approximate surface area is 109 Å². The number of hydrogen-bond acceptors (Lipinski definition) is 2. The van der Waals surface area contributed by atoms with Gasteiger partial charge in [-0.1, -0.05) is 36.8 Å². The van der Waals surface area contributed by atoms with Crippen LogP contribution in [0.3, 0.4) is 0 Å². The van der Waals surface area contributed by atoms with Crippen molar-refractivity contribution >= 4 is 11.7 Å². The van der Waals surface area contributed by atoms with Crippen LogP contribution in [0.1, 0.15) is 43.7 Å². The highest BCUT2D eigenvalue weighted by Gasteiger charge is 2.05. The van der Waals surface area contributed by atoms with Crippen molar-refractivity contribution in [1.29, 1.82) is 0 Å². The molecule has 3 nitrogen and oxygen atoms in total. The molecule has 0 saturated carbocycles. The lowest BCUT2D eigenvalue weighted by Crippen LogP contribution is -2.23. The zero-order valence-electron chi connectivity index (χ0n) is 11.2. The van der Waals surface area contributed by atoms with E-state index in [0.29, 0.717) is 25.8 Å². The van der Waals surface area contributed by atoms with Gasteiger partial charge in [-0.2, -0.15) is 0 Å². The number of carbonyl (C=O) groups is 2. The summed E-state index contributed by atoms with van der Waals surface area (Å²) in [6.07, 6.45) is 2.08. The maximum absolute atomic E-state index is 11.5. The molecule has 0 radical (unpaired) electrons. The molecule has 1 aromatic rings. The van der Waals surface area contributed by atoms with E-state index >= 15 is 0 Å². The molecule has 3 heteroatoms. The number of rotatable bonds is 7. The third kappa shape index (κ3) is 5.62. The summed E-state index contributed by atoms with van der Waals surface area (Å²) in [4.78, 5) is 22.8. The minimum Gasteiger partial charge on any atom is -0.352 e. The summed E-state index contributed by atoms with van der Waals surface area (Å²) in [5.41, 5.74) is 2.28. The summed E-state index contributed by atoms with van der Waals surface area (Å²) >= 11 is 0. The van der Waals surface area contributed by atoms with E-state index in [1.165, 1.54) is 5.56 Å². The van der Waals surface area contributed by atoms with Crippen molar-refractivity contribution in [2.45, 2.75) is 46.1 Å². The smallest absolute Gasteiger partial charge is 0.220 e. The number of hydrogen-bond donors (Lipinski definition) is 1. The molecule has 0 aliphatic heterocycles. The standard InChI is InChI=1S/C15H21NO2/c1-3-4-14(17)9-10-15(18)16-11-13-7-5-12(2)6-8-13/h5-8H,3-4,9-11H2,1-2H3,(H,16,18). The molecule has 98 valence electrons. The molecule has 1 N–H and O–H groups in total. The van der Waals surface area contributed by atoms with E-state index in [1.807, 2.05) is 38.1 Å². The molecule has 0 atom stereocenters. The third-order valence-electron chi connectivity index (χ3n) is 2.77. The first kappa shape index (κ1) is 14.4. The zero-order chi connectivity index (χ0) is 13.4. The van der Waals surface area contributed by atoms with Crippen LogP contribution in [0.15, 0.2) is 24.3 Å². The summed E-state index contributed by atoms with van der Waals surface area (Å²) in [7, 11) is 0. The summed E-state index contributed by atoms with van der Waals surface area (Å²) < 4.78 is 0. The van der Waals surface area contributed by atoms with E-state index in [9.17, 15) is 9.59 Å². The van der Waals surface area contributed by atoms with Crippen LogP contribution < -0.4 is 5.32 Å². The zero-order valence-corrected chi connectivity index (χ0v) is 11.2. The number of nitrogens with one attached hydrogen (secondary N) is 1. The average molecular weight is 247 g/mol. The summed E-state index contributed by atoms with van der Waals surface area (Å²) in [5, 5.41) is 2.82. The molecule has 0 aliphatic carbocycles. The topological polar surface area (TPSA) is 46.2 Å². The third-order valence-corrected chi connectivity index (χ3v) is 2.77. The van der Waals surface area contributed by atoms with Gasteiger partial charge in [-0.05, 0) is 18.9 Å². The number of amides is 1. The molecular weight excluding hydrogens is 226 g/mol. The van der Waals surface area contributed by atoms with E-state index in [-0.39, 0.29) is 11.7 Å². The fraction of sp³-hybridized carbons (Fsp3) is 0.467. The highest BCUT2D eigenvalue weighted by Crippen LogP contribution is 2.03. The van der Waals surface area contributed by atoms with Crippen molar-refractivity contribution < 1.29 is 9.59 Å². The fourth-order valence-electron chi connectivity index (χ4n) is 1.65. The summed E-state index contributed by atoms with van der Waals surface area (Å²) in [6, 6.07) is 8.04.